The number of benzene rings is 1. The lowest BCUT2D eigenvalue weighted by molar-refractivity contribution is 0.713. The molecule has 0 spiro atoms. The fourth-order valence-electron chi connectivity index (χ4n) is 2.16. The third-order valence-electron chi connectivity index (χ3n) is 4.03. The molecule has 1 aromatic carbocycles. The highest BCUT2D eigenvalue weighted by Gasteiger charge is 2.17. The van der Waals surface area contributed by atoms with Gasteiger partial charge in [-0.15, -0.1) is 0 Å². The summed E-state index contributed by atoms with van der Waals surface area (Å²) in [5.41, 5.74) is 17.7. The maximum atomic E-state index is 6.19. The largest absolute Gasteiger partial charge is 0.398 e. The van der Waals surface area contributed by atoms with E-state index in [-0.39, 0.29) is 0 Å². The van der Waals surface area contributed by atoms with E-state index in [1.165, 1.54) is 11.1 Å². The van der Waals surface area contributed by atoms with Crippen molar-refractivity contribution in [2.24, 2.45) is 0 Å². The standard InChI is InChI=1S/C15H26N2/c1-6-9(3)12-8-13(10(4)7-2)15(17)11(5)14(12)16/h8-10H,6-7,16-17H2,1-5H3. The third-order valence-corrected chi connectivity index (χ3v) is 4.03. The summed E-state index contributed by atoms with van der Waals surface area (Å²) in [6.07, 6.45) is 2.21. The van der Waals surface area contributed by atoms with E-state index in [2.05, 4.69) is 33.8 Å². The van der Waals surface area contributed by atoms with E-state index in [1.807, 2.05) is 6.92 Å². The Hall–Kier alpha value is -1.18. The van der Waals surface area contributed by atoms with Gasteiger partial charge in [-0.25, -0.2) is 0 Å². The molecular weight excluding hydrogens is 208 g/mol. The first kappa shape index (κ1) is 13.9. The second-order valence-corrected chi connectivity index (χ2v) is 5.13. The van der Waals surface area contributed by atoms with E-state index in [0.717, 1.165) is 29.8 Å². The molecule has 1 rings (SSSR count). The SMILES string of the molecule is CCC(C)c1cc(C(C)CC)c(N)c(C)c1N. The Morgan fingerprint density at radius 1 is 0.941 bits per heavy atom. The van der Waals surface area contributed by atoms with Crippen LogP contribution in [-0.2, 0) is 0 Å². The minimum absolute atomic E-state index is 0.497. The Labute approximate surface area is 105 Å². The molecule has 0 fully saturated rings. The Balaban J connectivity index is 3.39. The molecule has 0 saturated heterocycles. The van der Waals surface area contributed by atoms with Crippen LogP contribution in [0.4, 0.5) is 11.4 Å². The molecule has 2 unspecified atom stereocenters. The van der Waals surface area contributed by atoms with E-state index in [0.29, 0.717) is 11.8 Å². The van der Waals surface area contributed by atoms with Crippen molar-refractivity contribution in [1.29, 1.82) is 0 Å². The Morgan fingerprint density at radius 2 is 1.29 bits per heavy atom. The summed E-state index contributed by atoms with van der Waals surface area (Å²) < 4.78 is 0. The van der Waals surface area contributed by atoms with Gasteiger partial charge in [0.2, 0.25) is 0 Å². The van der Waals surface area contributed by atoms with Crippen LogP contribution >= 0.6 is 0 Å². The molecule has 0 amide bonds. The molecule has 0 aliphatic heterocycles. The quantitative estimate of drug-likeness (QED) is 0.768. The maximum Gasteiger partial charge on any atom is 0.0399 e. The van der Waals surface area contributed by atoms with Gasteiger partial charge >= 0.3 is 0 Å². The lowest BCUT2D eigenvalue weighted by atomic mass is 9.87. The van der Waals surface area contributed by atoms with E-state index in [4.69, 9.17) is 11.5 Å². The van der Waals surface area contributed by atoms with Crippen LogP contribution in [0.3, 0.4) is 0 Å². The van der Waals surface area contributed by atoms with Crippen molar-refractivity contribution in [3.05, 3.63) is 22.8 Å². The first-order chi connectivity index (χ1) is 7.93. The lowest BCUT2D eigenvalue weighted by Crippen LogP contribution is -2.08. The van der Waals surface area contributed by atoms with Gasteiger partial charge in [-0.05, 0) is 48.3 Å². The van der Waals surface area contributed by atoms with Gasteiger partial charge in [-0.1, -0.05) is 33.8 Å². The van der Waals surface area contributed by atoms with Gasteiger partial charge in [-0.3, -0.25) is 0 Å². The normalized spacial score (nSPS) is 14.6. The number of anilines is 2. The molecule has 0 aromatic heterocycles. The van der Waals surface area contributed by atoms with Gasteiger partial charge in [0, 0.05) is 11.4 Å². The van der Waals surface area contributed by atoms with Crippen LogP contribution in [0.1, 0.15) is 69.1 Å². The number of nitrogens with two attached hydrogens (primary N) is 2. The van der Waals surface area contributed by atoms with Crippen LogP contribution in [0.2, 0.25) is 0 Å². The fourth-order valence-corrected chi connectivity index (χ4v) is 2.16. The molecule has 1 aromatic rings. The van der Waals surface area contributed by atoms with Gasteiger partial charge < -0.3 is 11.5 Å². The second kappa shape index (κ2) is 5.44. The molecule has 0 saturated carbocycles. The Kier molecular flexibility index (Phi) is 4.44. The molecule has 2 heteroatoms. The van der Waals surface area contributed by atoms with Gasteiger partial charge in [0.15, 0.2) is 0 Å². The molecule has 0 radical (unpaired) electrons. The van der Waals surface area contributed by atoms with Crippen molar-refractivity contribution in [3.8, 4) is 0 Å². The molecule has 0 aliphatic carbocycles. The van der Waals surface area contributed by atoms with Gasteiger partial charge in [0.1, 0.15) is 0 Å². The highest BCUT2D eigenvalue weighted by atomic mass is 14.6. The van der Waals surface area contributed by atoms with Crippen molar-refractivity contribution >= 4 is 11.4 Å². The summed E-state index contributed by atoms with van der Waals surface area (Å²) in [5.74, 6) is 0.995. The topological polar surface area (TPSA) is 52.0 Å². The molecule has 0 bridgehead atoms. The number of rotatable bonds is 4. The Morgan fingerprint density at radius 3 is 1.59 bits per heavy atom. The lowest BCUT2D eigenvalue weighted by Gasteiger charge is -2.21. The van der Waals surface area contributed by atoms with Crippen molar-refractivity contribution in [3.63, 3.8) is 0 Å². The highest BCUT2D eigenvalue weighted by molar-refractivity contribution is 5.69. The van der Waals surface area contributed by atoms with E-state index in [1.54, 1.807) is 0 Å². The first-order valence-electron chi connectivity index (χ1n) is 6.62. The zero-order chi connectivity index (χ0) is 13.2. The minimum atomic E-state index is 0.497. The van der Waals surface area contributed by atoms with E-state index in [9.17, 15) is 0 Å². The average Bonchev–Trinajstić information content (AvgIpc) is 2.34. The minimum Gasteiger partial charge on any atom is -0.398 e. The molecule has 0 aliphatic rings. The summed E-state index contributed by atoms with van der Waals surface area (Å²) in [4.78, 5) is 0. The van der Waals surface area contributed by atoms with Gasteiger partial charge in [0.05, 0.1) is 0 Å². The molecule has 96 valence electrons. The van der Waals surface area contributed by atoms with E-state index < -0.39 is 0 Å². The average molecular weight is 234 g/mol. The summed E-state index contributed by atoms with van der Waals surface area (Å²) in [6, 6.07) is 2.22. The molecule has 2 nitrogen and oxygen atoms in total. The zero-order valence-electron chi connectivity index (χ0n) is 11.8. The van der Waals surface area contributed by atoms with Crippen LogP contribution in [0.15, 0.2) is 6.07 Å². The highest BCUT2D eigenvalue weighted by Crippen LogP contribution is 2.36. The van der Waals surface area contributed by atoms with Crippen LogP contribution in [-0.4, -0.2) is 0 Å². The summed E-state index contributed by atoms with van der Waals surface area (Å²) in [6.45, 7) is 10.9. The van der Waals surface area contributed by atoms with Crippen molar-refractivity contribution in [2.75, 3.05) is 11.5 Å². The van der Waals surface area contributed by atoms with E-state index >= 15 is 0 Å². The molecule has 0 heterocycles. The zero-order valence-corrected chi connectivity index (χ0v) is 11.8. The summed E-state index contributed by atoms with van der Waals surface area (Å²) in [5, 5.41) is 0. The summed E-state index contributed by atoms with van der Waals surface area (Å²) >= 11 is 0. The number of hydrogen-bond acceptors (Lipinski definition) is 2. The smallest absolute Gasteiger partial charge is 0.0399 e. The van der Waals surface area contributed by atoms with Crippen molar-refractivity contribution < 1.29 is 0 Å². The second-order valence-electron chi connectivity index (χ2n) is 5.13. The van der Waals surface area contributed by atoms with Gasteiger partial charge in [0.25, 0.3) is 0 Å². The third kappa shape index (κ3) is 2.56. The maximum absolute atomic E-state index is 6.19. The molecular formula is C15H26N2. The summed E-state index contributed by atoms with van der Waals surface area (Å²) in [7, 11) is 0. The Bertz CT molecular complexity index is 362. The van der Waals surface area contributed by atoms with Crippen LogP contribution < -0.4 is 11.5 Å². The molecule has 4 N–H and O–H groups in total. The fraction of sp³-hybridized carbons (Fsp3) is 0.600. The first-order valence-corrected chi connectivity index (χ1v) is 6.62. The predicted molar refractivity (Wildman–Crippen MR) is 77.4 cm³/mol. The number of hydrogen-bond donors (Lipinski definition) is 2. The van der Waals surface area contributed by atoms with Crippen LogP contribution in [0.25, 0.3) is 0 Å². The van der Waals surface area contributed by atoms with Gasteiger partial charge in [-0.2, -0.15) is 0 Å². The van der Waals surface area contributed by atoms with Crippen LogP contribution in [0.5, 0.6) is 0 Å². The monoisotopic (exact) mass is 234 g/mol. The van der Waals surface area contributed by atoms with Crippen molar-refractivity contribution in [1.82, 2.24) is 0 Å². The number of nitrogen functional groups attached to an aromatic ring is 2. The van der Waals surface area contributed by atoms with Crippen LogP contribution in [0, 0.1) is 6.92 Å². The predicted octanol–water partition coefficient (Wildman–Crippen LogP) is 4.19. The molecule has 2 atom stereocenters. The van der Waals surface area contributed by atoms with Crippen molar-refractivity contribution in [2.45, 2.75) is 59.3 Å². The molecule has 17 heavy (non-hydrogen) atoms.